The quantitative estimate of drug-likeness (QED) is 0.745. The third-order valence-corrected chi connectivity index (χ3v) is 3.80. The largest absolute Gasteiger partial charge is 0.480 e. The van der Waals surface area contributed by atoms with Gasteiger partial charge in [0.05, 0.1) is 0 Å². The van der Waals surface area contributed by atoms with Gasteiger partial charge in [0.2, 0.25) is 0 Å². The van der Waals surface area contributed by atoms with Gasteiger partial charge in [0.15, 0.2) is 0 Å². The Kier molecular flexibility index (Phi) is 5.33. The van der Waals surface area contributed by atoms with Gasteiger partial charge in [-0.25, -0.2) is 4.79 Å². The smallest absolute Gasteiger partial charge is 0.326 e. The van der Waals surface area contributed by atoms with E-state index in [0.29, 0.717) is 12.0 Å². The van der Waals surface area contributed by atoms with E-state index >= 15 is 0 Å². The zero-order chi connectivity index (χ0) is 15.2. The molecule has 0 radical (unpaired) electrons. The van der Waals surface area contributed by atoms with Crippen molar-refractivity contribution in [3.63, 3.8) is 0 Å². The summed E-state index contributed by atoms with van der Waals surface area (Å²) in [6.45, 7) is 3.71. The van der Waals surface area contributed by atoms with Crippen LogP contribution in [0.15, 0.2) is 18.2 Å². The Bertz CT molecular complexity index is 528. The molecule has 1 aliphatic heterocycles. The van der Waals surface area contributed by atoms with Gasteiger partial charge in [-0.3, -0.25) is 4.79 Å². The Hall–Kier alpha value is -1.88. The number of rotatable bonds is 6. The molecule has 2 rings (SSSR count). The van der Waals surface area contributed by atoms with E-state index in [0.717, 1.165) is 37.9 Å². The van der Waals surface area contributed by atoms with Crippen molar-refractivity contribution in [3.05, 3.63) is 34.9 Å². The predicted octanol–water partition coefficient (Wildman–Crippen LogP) is 1.71. The molecule has 21 heavy (non-hydrogen) atoms. The molecule has 0 saturated carbocycles. The summed E-state index contributed by atoms with van der Waals surface area (Å²) in [5.74, 6) is -1.29. The van der Waals surface area contributed by atoms with Gasteiger partial charge in [-0.2, -0.15) is 0 Å². The molecule has 114 valence electrons. The molecule has 0 aromatic heterocycles. The molecular formula is C16H22N2O3. The number of amides is 1. The van der Waals surface area contributed by atoms with Crippen LogP contribution in [0.1, 0.15) is 47.7 Å². The van der Waals surface area contributed by atoms with Crippen LogP contribution in [0.25, 0.3) is 0 Å². The third kappa shape index (κ3) is 4.04. The summed E-state index contributed by atoms with van der Waals surface area (Å²) >= 11 is 0. The first-order valence-electron chi connectivity index (χ1n) is 7.48. The molecule has 0 bridgehead atoms. The molecule has 5 nitrogen and oxygen atoms in total. The number of hydrogen-bond donors (Lipinski definition) is 3. The monoisotopic (exact) mass is 290 g/mol. The van der Waals surface area contributed by atoms with Crippen LogP contribution in [0.5, 0.6) is 0 Å². The lowest BCUT2D eigenvalue weighted by atomic mass is 9.98. The number of nitrogens with one attached hydrogen (secondary N) is 2. The van der Waals surface area contributed by atoms with Crippen LogP contribution in [0.4, 0.5) is 0 Å². The molecule has 1 aliphatic rings. The van der Waals surface area contributed by atoms with Crippen LogP contribution in [0.2, 0.25) is 0 Å². The summed E-state index contributed by atoms with van der Waals surface area (Å²) in [7, 11) is 0. The normalized spacial score (nSPS) is 15.1. The number of carbonyl (C=O) groups excluding carboxylic acids is 1. The standard InChI is InChI=1S/C16H22N2O3/c1-2-3-4-14(16(20)21)18-15(19)12-6-5-11-7-8-17-10-13(11)9-12/h5-6,9,14,17H,2-4,7-8,10H2,1H3,(H,18,19)(H,20,21)/t14-/m0/s1. The third-order valence-electron chi connectivity index (χ3n) is 3.80. The Labute approximate surface area is 124 Å². The molecule has 1 amide bonds. The maximum Gasteiger partial charge on any atom is 0.326 e. The summed E-state index contributed by atoms with van der Waals surface area (Å²) in [6.07, 6.45) is 3.12. The van der Waals surface area contributed by atoms with Crippen LogP contribution < -0.4 is 10.6 Å². The molecule has 0 aliphatic carbocycles. The van der Waals surface area contributed by atoms with Crippen LogP contribution in [0.3, 0.4) is 0 Å². The zero-order valence-electron chi connectivity index (χ0n) is 12.3. The van der Waals surface area contributed by atoms with Crippen molar-refractivity contribution in [2.45, 2.75) is 45.2 Å². The minimum absolute atomic E-state index is 0.313. The van der Waals surface area contributed by atoms with Gasteiger partial charge in [0, 0.05) is 12.1 Å². The summed E-state index contributed by atoms with van der Waals surface area (Å²) in [5.41, 5.74) is 2.90. The van der Waals surface area contributed by atoms with Crippen molar-refractivity contribution in [2.75, 3.05) is 6.54 Å². The Balaban J connectivity index is 2.06. The lowest BCUT2D eigenvalue weighted by molar-refractivity contribution is -0.139. The first kappa shape index (κ1) is 15.5. The van der Waals surface area contributed by atoms with Crippen molar-refractivity contribution in [1.82, 2.24) is 10.6 Å². The molecule has 1 heterocycles. The first-order chi connectivity index (χ1) is 10.1. The maximum absolute atomic E-state index is 12.2. The fraction of sp³-hybridized carbons (Fsp3) is 0.500. The topological polar surface area (TPSA) is 78.4 Å². The van der Waals surface area contributed by atoms with Crippen LogP contribution in [-0.2, 0) is 17.8 Å². The highest BCUT2D eigenvalue weighted by Crippen LogP contribution is 2.16. The lowest BCUT2D eigenvalue weighted by Gasteiger charge is -2.19. The van der Waals surface area contributed by atoms with Crippen LogP contribution in [0, 0.1) is 0 Å². The number of unbranched alkanes of at least 4 members (excludes halogenated alkanes) is 1. The van der Waals surface area contributed by atoms with Gasteiger partial charge in [0.1, 0.15) is 6.04 Å². The van der Waals surface area contributed by atoms with E-state index < -0.39 is 12.0 Å². The van der Waals surface area contributed by atoms with E-state index in [1.807, 2.05) is 19.1 Å². The second-order valence-corrected chi connectivity index (χ2v) is 5.42. The molecular weight excluding hydrogens is 268 g/mol. The fourth-order valence-corrected chi connectivity index (χ4v) is 2.53. The van der Waals surface area contributed by atoms with Gasteiger partial charge >= 0.3 is 5.97 Å². The average molecular weight is 290 g/mol. The van der Waals surface area contributed by atoms with Gasteiger partial charge in [-0.1, -0.05) is 25.8 Å². The van der Waals surface area contributed by atoms with Crippen molar-refractivity contribution >= 4 is 11.9 Å². The van der Waals surface area contributed by atoms with Crippen LogP contribution in [-0.4, -0.2) is 29.6 Å². The molecule has 0 spiro atoms. The van der Waals surface area contributed by atoms with Crippen molar-refractivity contribution in [1.29, 1.82) is 0 Å². The van der Waals surface area contributed by atoms with E-state index in [1.54, 1.807) is 6.07 Å². The molecule has 0 fully saturated rings. The van der Waals surface area contributed by atoms with Gasteiger partial charge in [-0.05, 0) is 42.6 Å². The Morgan fingerprint density at radius 3 is 2.90 bits per heavy atom. The number of carboxylic acids is 1. The number of carboxylic acid groups (broad SMARTS) is 1. The number of fused-ring (bicyclic) bond motifs is 1. The minimum atomic E-state index is -0.976. The summed E-state index contributed by atoms with van der Waals surface area (Å²) in [4.78, 5) is 23.4. The highest BCUT2D eigenvalue weighted by Gasteiger charge is 2.20. The number of benzene rings is 1. The van der Waals surface area contributed by atoms with Crippen molar-refractivity contribution in [3.8, 4) is 0 Å². The second-order valence-electron chi connectivity index (χ2n) is 5.42. The van der Waals surface area contributed by atoms with Gasteiger partial charge in [-0.15, -0.1) is 0 Å². The predicted molar refractivity (Wildman–Crippen MR) is 80.3 cm³/mol. The van der Waals surface area contributed by atoms with Gasteiger partial charge in [0.25, 0.3) is 5.91 Å². The molecule has 1 aromatic carbocycles. The van der Waals surface area contributed by atoms with E-state index in [-0.39, 0.29) is 5.91 Å². The highest BCUT2D eigenvalue weighted by atomic mass is 16.4. The first-order valence-corrected chi connectivity index (χ1v) is 7.48. The molecule has 3 N–H and O–H groups in total. The van der Waals surface area contributed by atoms with Gasteiger partial charge < -0.3 is 15.7 Å². The van der Waals surface area contributed by atoms with Crippen molar-refractivity contribution < 1.29 is 14.7 Å². The van der Waals surface area contributed by atoms with Crippen LogP contribution >= 0.6 is 0 Å². The summed E-state index contributed by atoms with van der Waals surface area (Å²) < 4.78 is 0. The zero-order valence-corrected chi connectivity index (χ0v) is 12.3. The maximum atomic E-state index is 12.2. The molecule has 0 unspecified atom stereocenters. The van der Waals surface area contributed by atoms with E-state index in [2.05, 4.69) is 10.6 Å². The molecule has 1 atom stereocenters. The lowest BCUT2D eigenvalue weighted by Crippen LogP contribution is -2.40. The molecule has 5 heteroatoms. The fourth-order valence-electron chi connectivity index (χ4n) is 2.53. The number of aliphatic carboxylic acids is 1. The second kappa shape index (κ2) is 7.22. The van der Waals surface area contributed by atoms with E-state index in [9.17, 15) is 9.59 Å². The van der Waals surface area contributed by atoms with E-state index in [1.165, 1.54) is 5.56 Å². The number of carbonyl (C=O) groups is 2. The highest BCUT2D eigenvalue weighted by molar-refractivity contribution is 5.96. The Morgan fingerprint density at radius 2 is 2.19 bits per heavy atom. The SMILES string of the molecule is CCCC[C@H](NC(=O)c1ccc2c(c1)CNCC2)C(=O)O. The summed E-state index contributed by atoms with van der Waals surface area (Å²) in [6, 6.07) is 4.78. The number of hydrogen-bond acceptors (Lipinski definition) is 3. The average Bonchev–Trinajstić information content (AvgIpc) is 2.50. The Morgan fingerprint density at radius 1 is 1.38 bits per heavy atom. The molecule has 0 saturated heterocycles. The summed E-state index contributed by atoms with van der Waals surface area (Å²) in [5, 5.41) is 15.0. The van der Waals surface area contributed by atoms with Crippen molar-refractivity contribution in [2.24, 2.45) is 0 Å². The van der Waals surface area contributed by atoms with E-state index in [4.69, 9.17) is 5.11 Å². The molecule has 1 aromatic rings. The minimum Gasteiger partial charge on any atom is -0.480 e.